The zero-order valence-corrected chi connectivity index (χ0v) is 13.2. The molecule has 2 aliphatic carbocycles. The van der Waals surface area contributed by atoms with E-state index in [2.05, 4.69) is 19.2 Å². The molecule has 1 amide bonds. The fourth-order valence-electron chi connectivity index (χ4n) is 3.70. The first-order valence-electron chi connectivity index (χ1n) is 7.65. The number of fused-ring (bicyclic) bond motifs is 2. The molecule has 0 aromatic heterocycles. The lowest BCUT2D eigenvalue weighted by Gasteiger charge is -2.25. The van der Waals surface area contributed by atoms with Gasteiger partial charge in [0.1, 0.15) is 4.75 Å². The minimum atomic E-state index is -0.397. The Balaban J connectivity index is 1.70. The molecular weight excluding hydrogens is 272 g/mol. The van der Waals surface area contributed by atoms with E-state index in [1.807, 2.05) is 6.92 Å². The first kappa shape index (κ1) is 14.4. The molecule has 3 aliphatic rings. The zero-order chi connectivity index (χ0) is 14.5. The molecule has 3 fully saturated rings. The second-order valence-corrected chi connectivity index (χ2v) is 8.48. The summed E-state index contributed by atoms with van der Waals surface area (Å²) in [6.07, 6.45) is 4.00. The van der Waals surface area contributed by atoms with Gasteiger partial charge in [0.15, 0.2) is 5.17 Å². The van der Waals surface area contributed by atoms with E-state index < -0.39 is 4.75 Å². The van der Waals surface area contributed by atoms with E-state index in [1.54, 1.807) is 11.8 Å². The van der Waals surface area contributed by atoms with Crippen molar-refractivity contribution >= 4 is 22.8 Å². The van der Waals surface area contributed by atoms with Crippen LogP contribution in [-0.4, -0.2) is 33.1 Å². The van der Waals surface area contributed by atoms with Gasteiger partial charge in [0.25, 0.3) is 0 Å². The van der Waals surface area contributed by atoms with Crippen LogP contribution in [0.4, 0.5) is 0 Å². The monoisotopic (exact) mass is 296 g/mol. The van der Waals surface area contributed by atoms with Gasteiger partial charge in [0.2, 0.25) is 5.91 Å². The Bertz CT molecular complexity index is 449. The highest BCUT2D eigenvalue weighted by Gasteiger charge is 2.46. The van der Waals surface area contributed by atoms with Crippen LogP contribution in [0.1, 0.15) is 46.5 Å². The zero-order valence-electron chi connectivity index (χ0n) is 12.4. The molecule has 0 aromatic carbocycles. The Morgan fingerprint density at radius 2 is 2.10 bits per heavy atom. The Hall–Kier alpha value is -0.550. The summed E-state index contributed by atoms with van der Waals surface area (Å²) in [5, 5.41) is 13.7. The predicted molar refractivity (Wildman–Crippen MR) is 81.7 cm³/mol. The van der Waals surface area contributed by atoms with Crippen molar-refractivity contribution in [1.82, 2.24) is 5.32 Å². The number of nitrogens with zero attached hydrogens (tertiary/aromatic N) is 1. The highest BCUT2D eigenvalue weighted by atomic mass is 32.2. The van der Waals surface area contributed by atoms with Gasteiger partial charge >= 0.3 is 0 Å². The molecule has 20 heavy (non-hydrogen) atoms. The molecule has 112 valence electrons. The summed E-state index contributed by atoms with van der Waals surface area (Å²) in [4.78, 5) is 16.9. The van der Waals surface area contributed by atoms with Gasteiger partial charge < -0.3 is 10.4 Å². The topological polar surface area (TPSA) is 61.7 Å². The molecule has 4 nitrogen and oxygen atoms in total. The smallest absolute Gasteiger partial charge is 0.242 e. The Morgan fingerprint density at radius 1 is 1.35 bits per heavy atom. The van der Waals surface area contributed by atoms with Crippen LogP contribution in [0.25, 0.3) is 0 Å². The van der Waals surface area contributed by atoms with Crippen LogP contribution < -0.4 is 5.32 Å². The number of hydrogen-bond acceptors (Lipinski definition) is 4. The van der Waals surface area contributed by atoms with Crippen molar-refractivity contribution in [3.05, 3.63) is 0 Å². The third-order valence-corrected chi connectivity index (χ3v) is 6.80. The van der Waals surface area contributed by atoms with Crippen molar-refractivity contribution in [2.24, 2.45) is 22.7 Å². The summed E-state index contributed by atoms with van der Waals surface area (Å²) < 4.78 is -0.397. The average molecular weight is 296 g/mol. The quantitative estimate of drug-likeness (QED) is 0.821. The van der Waals surface area contributed by atoms with E-state index in [0.29, 0.717) is 11.8 Å². The Morgan fingerprint density at radius 3 is 2.70 bits per heavy atom. The van der Waals surface area contributed by atoms with E-state index in [1.165, 1.54) is 0 Å². The predicted octanol–water partition coefficient (Wildman–Crippen LogP) is 2.17. The summed E-state index contributed by atoms with van der Waals surface area (Å²) in [5.74, 6) is 1.40. The molecule has 3 rings (SSSR count). The number of thioether (sulfide) groups is 1. The third-order valence-electron chi connectivity index (χ3n) is 5.32. The molecule has 2 N–H and O–H groups in total. The number of aliphatic hydroxyl groups excluding tert-OH is 1. The van der Waals surface area contributed by atoms with Gasteiger partial charge in [-0.2, -0.15) is 0 Å². The summed E-state index contributed by atoms with van der Waals surface area (Å²) in [6.45, 7) is 6.15. The van der Waals surface area contributed by atoms with E-state index in [0.717, 1.165) is 30.9 Å². The van der Waals surface area contributed by atoms with Crippen LogP contribution in [0.3, 0.4) is 0 Å². The average Bonchev–Trinajstić information content (AvgIpc) is 2.78. The normalized spacial score (nSPS) is 46.2. The summed E-state index contributed by atoms with van der Waals surface area (Å²) >= 11 is 1.57. The van der Waals surface area contributed by atoms with Crippen molar-refractivity contribution in [2.45, 2.75) is 63.3 Å². The molecule has 0 aromatic rings. The van der Waals surface area contributed by atoms with Crippen LogP contribution in [0, 0.1) is 17.8 Å². The molecule has 1 aliphatic heterocycles. The third kappa shape index (κ3) is 2.39. The van der Waals surface area contributed by atoms with E-state index in [4.69, 9.17) is 4.99 Å². The highest BCUT2D eigenvalue weighted by molar-refractivity contribution is 8.16. The fraction of sp³-hybridized carbons (Fsp3) is 0.867. The maximum absolute atomic E-state index is 12.1. The molecule has 1 heterocycles. The maximum atomic E-state index is 12.1. The molecule has 5 atom stereocenters. The van der Waals surface area contributed by atoms with Crippen molar-refractivity contribution < 1.29 is 9.90 Å². The molecule has 2 bridgehead atoms. The van der Waals surface area contributed by atoms with Crippen LogP contribution in [0.2, 0.25) is 0 Å². The van der Waals surface area contributed by atoms with Crippen molar-refractivity contribution in [1.29, 1.82) is 0 Å². The number of amidine groups is 1. The first-order chi connectivity index (χ1) is 9.38. The number of nitrogens with one attached hydrogen (secondary N) is 1. The molecule has 5 unspecified atom stereocenters. The maximum Gasteiger partial charge on any atom is 0.242 e. The van der Waals surface area contributed by atoms with Gasteiger partial charge in [-0.05, 0) is 50.4 Å². The minimum Gasteiger partial charge on any atom is -0.393 e. The second kappa shape index (κ2) is 5.02. The van der Waals surface area contributed by atoms with E-state index >= 15 is 0 Å². The van der Waals surface area contributed by atoms with Gasteiger partial charge in [0.05, 0.1) is 12.1 Å². The van der Waals surface area contributed by atoms with Gasteiger partial charge in [-0.3, -0.25) is 9.79 Å². The molecule has 0 radical (unpaired) electrons. The lowest BCUT2D eigenvalue weighted by atomic mass is 9.85. The van der Waals surface area contributed by atoms with Crippen LogP contribution in [0.5, 0.6) is 0 Å². The molecule has 5 heteroatoms. The lowest BCUT2D eigenvalue weighted by Crippen LogP contribution is -2.38. The number of carbonyl (C=O) groups is 1. The summed E-state index contributed by atoms with van der Waals surface area (Å²) in [7, 11) is 0. The van der Waals surface area contributed by atoms with Gasteiger partial charge in [-0.15, -0.1) is 0 Å². The molecule has 2 saturated carbocycles. The van der Waals surface area contributed by atoms with Gasteiger partial charge in [0, 0.05) is 0 Å². The summed E-state index contributed by atoms with van der Waals surface area (Å²) in [6, 6.07) is 0.271. The number of rotatable bonds is 2. The largest absolute Gasteiger partial charge is 0.393 e. The number of carbonyl (C=O) groups excluding carboxylic acids is 1. The fourth-order valence-corrected chi connectivity index (χ4v) is 4.82. The molecular formula is C15H24N2O2S. The van der Waals surface area contributed by atoms with Gasteiger partial charge in [-0.25, -0.2) is 0 Å². The van der Waals surface area contributed by atoms with E-state index in [9.17, 15) is 9.90 Å². The Kier molecular flexibility index (Phi) is 3.61. The standard InChI is InChI=1S/C15H24N2O2S/c1-8(2)15(3)13(19)17-14(20-15)16-11-5-9-4-10(7-11)12(18)6-9/h8-12,18H,4-7H2,1-3H3,(H,16,17,19). The van der Waals surface area contributed by atoms with Crippen molar-refractivity contribution in [2.75, 3.05) is 0 Å². The second-order valence-electron chi connectivity index (χ2n) is 7.04. The minimum absolute atomic E-state index is 0.0788. The highest BCUT2D eigenvalue weighted by Crippen LogP contribution is 2.44. The van der Waals surface area contributed by atoms with Crippen LogP contribution in [-0.2, 0) is 4.79 Å². The van der Waals surface area contributed by atoms with Gasteiger partial charge in [-0.1, -0.05) is 25.6 Å². The van der Waals surface area contributed by atoms with E-state index in [-0.39, 0.29) is 24.0 Å². The van der Waals surface area contributed by atoms with Crippen LogP contribution in [0.15, 0.2) is 4.99 Å². The van der Waals surface area contributed by atoms with Crippen LogP contribution >= 0.6 is 11.8 Å². The number of aliphatic imine (C=N–C) groups is 1. The molecule has 1 saturated heterocycles. The SMILES string of the molecule is CC(C)C1(C)SC(=NC2CC3CC(O)C(C3)C2)NC1=O. The number of aliphatic hydroxyl groups is 1. The number of hydrogen-bond donors (Lipinski definition) is 2. The molecule has 0 spiro atoms. The Labute approximate surface area is 124 Å². The van der Waals surface area contributed by atoms with Crippen molar-refractivity contribution in [3.63, 3.8) is 0 Å². The lowest BCUT2D eigenvalue weighted by molar-refractivity contribution is -0.122. The van der Waals surface area contributed by atoms with Crippen molar-refractivity contribution in [3.8, 4) is 0 Å². The number of amides is 1. The first-order valence-corrected chi connectivity index (χ1v) is 8.46. The summed E-state index contributed by atoms with van der Waals surface area (Å²) in [5.41, 5.74) is 0.